The van der Waals surface area contributed by atoms with Crippen molar-refractivity contribution in [2.24, 2.45) is 0 Å². The Morgan fingerprint density at radius 1 is 1.33 bits per heavy atom. The van der Waals surface area contributed by atoms with Crippen LogP contribution in [0.15, 0.2) is 33.6 Å². The summed E-state index contributed by atoms with van der Waals surface area (Å²) in [6.07, 6.45) is 0. The number of hydrogen-bond acceptors (Lipinski definition) is 5. The van der Waals surface area contributed by atoms with Crippen LogP contribution in [0.3, 0.4) is 0 Å². The van der Waals surface area contributed by atoms with Gasteiger partial charge in [0.1, 0.15) is 11.6 Å². The zero-order valence-corrected chi connectivity index (χ0v) is 14.7. The van der Waals surface area contributed by atoms with Gasteiger partial charge in [0.2, 0.25) is 0 Å². The molecule has 0 amide bonds. The molecule has 0 aliphatic rings. The van der Waals surface area contributed by atoms with Gasteiger partial charge in [0, 0.05) is 19.1 Å². The molecule has 2 rings (SSSR count). The molecule has 1 aromatic heterocycles. The molecule has 1 N–H and O–H groups in total. The molecule has 0 aliphatic heterocycles. The van der Waals surface area contributed by atoms with Gasteiger partial charge in [0.15, 0.2) is 0 Å². The highest BCUT2D eigenvalue weighted by Crippen LogP contribution is 2.27. The number of aromatic nitrogens is 2. The van der Waals surface area contributed by atoms with Crippen molar-refractivity contribution in [2.75, 3.05) is 19.5 Å². The van der Waals surface area contributed by atoms with Crippen LogP contribution in [0, 0.1) is 6.92 Å². The van der Waals surface area contributed by atoms with Crippen LogP contribution >= 0.6 is 27.7 Å². The molecule has 0 atom stereocenters. The lowest BCUT2D eigenvalue weighted by Crippen LogP contribution is -2.06. The normalized spacial score (nSPS) is 10.7. The van der Waals surface area contributed by atoms with Crippen molar-refractivity contribution >= 4 is 33.5 Å². The number of rotatable bonds is 6. The predicted octanol–water partition coefficient (Wildman–Crippen LogP) is 4.03. The van der Waals surface area contributed by atoms with Crippen LogP contribution < -0.4 is 5.32 Å². The highest BCUT2D eigenvalue weighted by molar-refractivity contribution is 9.10. The number of ether oxygens (including phenoxy) is 1. The van der Waals surface area contributed by atoms with Gasteiger partial charge in [-0.2, -0.15) is 0 Å². The fourth-order valence-electron chi connectivity index (χ4n) is 1.86. The quantitative estimate of drug-likeness (QED) is 0.781. The molecule has 21 heavy (non-hydrogen) atoms. The van der Waals surface area contributed by atoms with Gasteiger partial charge in [-0.3, -0.25) is 0 Å². The van der Waals surface area contributed by atoms with Crippen molar-refractivity contribution in [3.63, 3.8) is 0 Å². The maximum atomic E-state index is 5.19. The summed E-state index contributed by atoms with van der Waals surface area (Å²) in [6.45, 7) is 2.55. The number of aryl methyl sites for hydroxylation is 1. The number of thioether (sulfide) groups is 1. The molecule has 2 aromatic rings. The highest BCUT2D eigenvalue weighted by Gasteiger charge is 2.11. The zero-order valence-electron chi connectivity index (χ0n) is 12.3. The number of hydrogen-bond donors (Lipinski definition) is 1. The minimum atomic E-state index is 0.458. The molecule has 0 saturated heterocycles. The van der Waals surface area contributed by atoms with Crippen molar-refractivity contribution in [1.29, 1.82) is 0 Å². The van der Waals surface area contributed by atoms with Crippen molar-refractivity contribution < 1.29 is 4.74 Å². The first kappa shape index (κ1) is 16.3. The van der Waals surface area contributed by atoms with Gasteiger partial charge < -0.3 is 10.1 Å². The third-order valence-electron chi connectivity index (χ3n) is 2.84. The summed E-state index contributed by atoms with van der Waals surface area (Å²) in [5, 5.41) is 3.08. The van der Waals surface area contributed by atoms with Gasteiger partial charge >= 0.3 is 0 Å². The number of halogens is 1. The van der Waals surface area contributed by atoms with Crippen LogP contribution in [0.4, 0.5) is 5.82 Å². The van der Waals surface area contributed by atoms with E-state index in [0.717, 1.165) is 27.6 Å². The summed E-state index contributed by atoms with van der Waals surface area (Å²) in [5.41, 5.74) is 2.12. The summed E-state index contributed by atoms with van der Waals surface area (Å²) >= 11 is 5.24. The van der Waals surface area contributed by atoms with E-state index in [0.29, 0.717) is 6.61 Å². The fraction of sp³-hybridized carbons (Fsp3) is 0.333. The SMILES string of the molecule is CNc1nc(CSc2cccc(C)c2)nc(COC)c1Br. The van der Waals surface area contributed by atoms with Gasteiger partial charge in [-0.15, -0.1) is 11.8 Å². The maximum Gasteiger partial charge on any atom is 0.144 e. The standard InChI is InChI=1S/C15H18BrN3OS/c1-10-5-4-6-11(7-10)21-9-13-18-12(8-20-3)14(16)15(17-2)19-13/h4-7H,8-9H2,1-3H3,(H,17,18,19). The molecular formula is C15H18BrN3OS. The van der Waals surface area contributed by atoms with Crippen LogP contribution in [0.5, 0.6) is 0 Å². The molecular weight excluding hydrogens is 350 g/mol. The van der Waals surface area contributed by atoms with E-state index in [-0.39, 0.29) is 0 Å². The number of methoxy groups -OCH3 is 1. The molecule has 0 radical (unpaired) electrons. The Morgan fingerprint density at radius 3 is 2.81 bits per heavy atom. The minimum absolute atomic E-state index is 0.458. The highest BCUT2D eigenvalue weighted by atomic mass is 79.9. The average molecular weight is 368 g/mol. The van der Waals surface area contributed by atoms with Gasteiger partial charge in [0.05, 0.1) is 22.5 Å². The first-order valence-corrected chi connectivity index (χ1v) is 8.33. The third-order valence-corrected chi connectivity index (χ3v) is 4.66. The van der Waals surface area contributed by atoms with E-state index < -0.39 is 0 Å². The maximum absolute atomic E-state index is 5.19. The van der Waals surface area contributed by atoms with Gasteiger partial charge in [-0.25, -0.2) is 9.97 Å². The first-order valence-electron chi connectivity index (χ1n) is 6.55. The van der Waals surface area contributed by atoms with E-state index in [4.69, 9.17) is 4.74 Å². The molecule has 0 saturated carbocycles. The Labute approximate surface area is 137 Å². The summed E-state index contributed by atoms with van der Waals surface area (Å²) in [4.78, 5) is 10.3. The molecule has 0 bridgehead atoms. The first-order chi connectivity index (χ1) is 10.1. The summed E-state index contributed by atoms with van der Waals surface area (Å²) in [7, 11) is 3.51. The predicted molar refractivity (Wildman–Crippen MR) is 90.7 cm³/mol. The van der Waals surface area contributed by atoms with Crippen molar-refractivity contribution in [3.05, 3.63) is 45.8 Å². The Balaban J connectivity index is 2.17. The van der Waals surface area contributed by atoms with Crippen LogP contribution in [-0.4, -0.2) is 24.1 Å². The number of benzene rings is 1. The van der Waals surface area contributed by atoms with Crippen LogP contribution in [0.1, 0.15) is 17.1 Å². The minimum Gasteiger partial charge on any atom is -0.378 e. The molecule has 6 heteroatoms. The van der Waals surface area contributed by atoms with Crippen LogP contribution in [-0.2, 0) is 17.1 Å². The second-order valence-electron chi connectivity index (χ2n) is 4.54. The van der Waals surface area contributed by atoms with Crippen molar-refractivity contribution in [2.45, 2.75) is 24.2 Å². The molecule has 0 unspecified atom stereocenters. The average Bonchev–Trinajstić information content (AvgIpc) is 2.48. The van der Waals surface area contributed by atoms with E-state index in [1.54, 1.807) is 18.9 Å². The Morgan fingerprint density at radius 2 is 2.14 bits per heavy atom. The van der Waals surface area contributed by atoms with E-state index in [2.05, 4.69) is 62.4 Å². The Hall–Kier alpha value is -1.11. The van der Waals surface area contributed by atoms with E-state index in [9.17, 15) is 0 Å². The molecule has 0 aliphatic carbocycles. The Bertz CT molecular complexity index is 622. The Kier molecular flexibility index (Phi) is 6.02. The zero-order chi connectivity index (χ0) is 15.2. The second kappa shape index (κ2) is 7.77. The molecule has 1 aromatic carbocycles. The van der Waals surface area contributed by atoms with Crippen molar-refractivity contribution in [3.8, 4) is 0 Å². The van der Waals surface area contributed by atoms with E-state index in [1.807, 2.05) is 7.05 Å². The van der Waals surface area contributed by atoms with Gasteiger partial charge in [-0.1, -0.05) is 17.7 Å². The molecule has 1 heterocycles. The van der Waals surface area contributed by atoms with E-state index >= 15 is 0 Å². The molecule has 0 spiro atoms. The monoisotopic (exact) mass is 367 g/mol. The largest absolute Gasteiger partial charge is 0.378 e. The van der Waals surface area contributed by atoms with Crippen LogP contribution in [0.25, 0.3) is 0 Å². The summed E-state index contributed by atoms with van der Waals surface area (Å²) in [6, 6.07) is 8.43. The number of anilines is 1. The molecule has 0 fully saturated rings. The van der Waals surface area contributed by atoms with Crippen molar-refractivity contribution in [1.82, 2.24) is 9.97 Å². The smallest absolute Gasteiger partial charge is 0.144 e. The van der Waals surface area contributed by atoms with Crippen LogP contribution in [0.2, 0.25) is 0 Å². The van der Waals surface area contributed by atoms with Gasteiger partial charge in [0.25, 0.3) is 0 Å². The number of nitrogens with zero attached hydrogens (tertiary/aromatic N) is 2. The molecule has 112 valence electrons. The lowest BCUT2D eigenvalue weighted by molar-refractivity contribution is 0.180. The summed E-state index contributed by atoms with van der Waals surface area (Å²) in [5.74, 6) is 2.31. The lowest BCUT2D eigenvalue weighted by Gasteiger charge is -2.10. The topological polar surface area (TPSA) is 47.0 Å². The van der Waals surface area contributed by atoms with Gasteiger partial charge in [-0.05, 0) is 35.0 Å². The number of nitrogens with one attached hydrogen (secondary N) is 1. The molecule has 4 nitrogen and oxygen atoms in total. The lowest BCUT2D eigenvalue weighted by atomic mass is 10.2. The third kappa shape index (κ3) is 4.43. The fourth-order valence-corrected chi connectivity index (χ4v) is 3.22. The van der Waals surface area contributed by atoms with E-state index in [1.165, 1.54) is 10.5 Å². The second-order valence-corrected chi connectivity index (χ2v) is 6.38. The summed E-state index contributed by atoms with van der Waals surface area (Å²) < 4.78 is 6.04.